The minimum atomic E-state index is -0.302. The van der Waals surface area contributed by atoms with Crippen molar-refractivity contribution in [1.82, 2.24) is 5.32 Å². The minimum Gasteiger partial charge on any atom is -0.507 e. The SMILES string of the molecule is COc1ccc(O)c(C(=O)NC2CCCCCC2N)c1. The third-order valence-corrected chi connectivity index (χ3v) is 3.83. The summed E-state index contributed by atoms with van der Waals surface area (Å²) in [5.41, 5.74) is 6.32. The lowest BCUT2D eigenvalue weighted by molar-refractivity contribution is 0.0925. The van der Waals surface area contributed by atoms with Crippen molar-refractivity contribution in [2.24, 2.45) is 5.73 Å². The van der Waals surface area contributed by atoms with E-state index in [1.807, 2.05) is 0 Å². The van der Waals surface area contributed by atoms with Crippen LogP contribution in [0.3, 0.4) is 0 Å². The summed E-state index contributed by atoms with van der Waals surface area (Å²) in [4.78, 5) is 12.3. The van der Waals surface area contributed by atoms with Gasteiger partial charge >= 0.3 is 0 Å². The Bertz CT molecular complexity index is 476. The molecule has 5 nitrogen and oxygen atoms in total. The fraction of sp³-hybridized carbons (Fsp3) is 0.533. The van der Waals surface area contributed by atoms with Gasteiger partial charge in [0.2, 0.25) is 0 Å². The lowest BCUT2D eigenvalue weighted by atomic mass is 10.0. The second-order valence-electron chi connectivity index (χ2n) is 5.26. The summed E-state index contributed by atoms with van der Waals surface area (Å²) in [6, 6.07) is 4.56. The number of benzene rings is 1. The van der Waals surface area contributed by atoms with E-state index < -0.39 is 0 Å². The van der Waals surface area contributed by atoms with Crippen molar-refractivity contribution >= 4 is 5.91 Å². The average Bonchev–Trinajstić information content (AvgIpc) is 2.64. The molecular formula is C15H22N2O3. The molecule has 110 valence electrons. The fourth-order valence-corrected chi connectivity index (χ4v) is 2.59. The molecule has 0 bridgehead atoms. The zero-order valence-electron chi connectivity index (χ0n) is 11.8. The van der Waals surface area contributed by atoms with Gasteiger partial charge in [-0.2, -0.15) is 0 Å². The van der Waals surface area contributed by atoms with E-state index in [1.165, 1.54) is 19.2 Å². The molecule has 0 saturated heterocycles. The highest BCUT2D eigenvalue weighted by Crippen LogP contribution is 2.24. The number of carbonyl (C=O) groups is 1. The number of methoxy groups -OCH3 is 1. The van der Waals surface area contributed by atoms with Crippen molar-refractivity contribution in [1.29, 1.82) is 0 Å². The second kappa shape index (κ2) is 6.61. The van der Waals surface area contributed by atoms with Gasteiger partial charge in [0.25, 0.3) is 5.91 Å². The molecule has 1 saturated carbocycles. The topological polar surface area (TPSA) is 84.6 Å². The Balaban J connectivity index is 2.10. The summed E-state index contributed by atoms with van der Waals surface area (Å²) in [6.07, 6.45) is 5.15. The second-order valence-corrected chi connectivity index (χ2v) is 5.26. The van der Waals surface area contributed by atoms with E-state index in [2.05, 4.69) is 5.32 Å². The molecule has 2 rings (SSSR count). The molecule has 1 aromatic carbocycles. The highest BCUT2D eigenvalue weighted by molar-refractivity contribution is 5.97. The molecule has 1 fully saturated rings. The van der Waals surface area contributed by atoms with Crippen molar-refractivity contribution in [3.05, 3.63) is 23.8 Å². The molecule has 1 amide bonds. The molecule has 0 radical (unpaired) electrons. The van der Waals surface area contributed by atoms with E-state index in [0.29, 0.717) is 5.75 Å². The van der Waals surface area contributed by atoms with E-state index in [4.69, 9.17) is 10.5 Å². The quantitative estimate of drug-likeness (QED) is 0.736. The molecule has 2 atom stereocenters. The molecule has 0 aliphatic heterocycles. The predicted octanol–water partition coefficient (Wildman–Crippen LogP) is 1.79. The molecule has 4 N–H and O–H groups in total. The van der Waals surface area contributed by atoms with Crippen LogP contribution in [0.15, 0.2) is 18.2 Å². The fourth-order valence-electron chi connectivity index (χ4n) is 2.59. The van der Waals surface area contributed by atoms with Crippen LogP contribution in [0.2, 0.25) is 0 Å². The Kier molecular flexibility index (Phi) is 4.84. The zero-order valence-corrected chi connectivity index (χ0v) is 11.8. The number of nitrogens with one attached hydrogen (secondary N) is 1. The van der Waals surface area contributed by atoms with Crippen molar-refractivity contribution in [3.63, 3.8) is 0 Å². The normalized spacial score (nSPS) is 22.9. The van der Waals surface area contributed by atoms with Gasteiger partial charge in [-0.25, -0.2) is 0 Å². The van der Waals surface area contributed by atoms with Crippen LogP contribution in [0.1, 0.15) is 42.5 Å². The third-order valence-electron chi connectivity index (χ3n) is 3.83. The number of rotatable bonds is 3. The van der Waals surface area contributed by atoms with Crippen LogP contribution in [0.5, 0.6) is 11.5 Å². The molecule has 20 heavy (non-hydrogen) atoms. The maximum atomic E-state index is 12.3. The Morgan fingerprint density at radius 1 is 1.35 bits per heavy atom. The van der Waals surface area contributed by atoms with Crippen LogP contribution >= 0.6 is 0 Å². The van der Waals surface area contributed by atoms with Crippen molar-refractivity contribution < 1.29 is 14.6 Å². The van der Waals surface area contributed by atoms with Crippen LogP contribution < -0.4 is 15.8 Å². The van der Waals surface area contributed by atoms with E-state index in [-0.39, 0.29) is 29.3 Å². The maximum Gasteiger partial charge on any atom is 0.255 e. The third kappa shape index (κ3) is 3.42. The summed E-state index contributed by atoms with van der Waals surface area (Å²) in [5, 5.41) is 12.7. The highest BCUT2D eigenvalue weighted by atomic mass is 16.5. The van der Waals surface area contributed by atoms with Gasteiger partial charge in [-0.1, -0.05) is 19.3 Å². The van der Waals surface area contributed by atoms with Gasteiger partial charge < -0.3 is 20.9 Å². The van der Waals surface area contributed by atoms with Crippen molar-refractivity contribution in [2.75, 3.05) is 7.11 Å². The lowest BCUT2D eigenvalue weighted by Gasteiger charge is -2.23. The van der Waals surface area contributed by atoms with E-state index in [1.54, 1.807) is 6.07 Å². The summed E-state index contributed by atoms with van der Waals surface area (Å²) in [6.45, 7) is 0. The average molecular weight is 278 g/mol. The van der Waals surface area contributed by atoms with Crippen molar-refractivity contribution in [2.45, 2.75) is 44.2 Å². The number of phenolic OH excluding ortho intramolecular Hbond substituents is 1. The Morgan fingerprint density at radius 3 is 2.85 bits per heavy atom. The van der Waals surface area contributed by atoms with E-state index in [0.717, 1.165) is 32.1 Å². The van der Waals surface area contributed by atoms with E-state index in [9.17, 15) is 9.90 Å². The van der Waals surface area contributed by atoms with Gasteiger partial charge in [-0.15, -0.1) is 0 Å². The van der Waals surface area contributed by atoms with Crippen LogP contribution in [0.4, 0.5) is 0 Å². The number of carbonyl (C=O) groups excluding carboxylic acids is 1. The monoisotopic (exact) mass is 278 g/mol. The molecule has 0 heterocycles. The molecule has 1 aromatic rings. The Morgan fingerprint density at radius 2 is 2.10 bits per heavy atom. The summed E-state index contributed by atoms with van der Waals surface area (Å²) in [7, 11) is 1.52. The van der Waals surface area contributed by atoms with Gasteiger partial charge in [0.05, 0.1) is 12.7 Å². The number of amides is 1. The van der Waals surface area contributed by atoms with Gasteiger partial charge in [-0.3, -0.25) is 4.79 Å². The van der Waals surface area contributed by atoms with Crippen LogP contribution in [0.25, 0.3) is 0 Å². The van der Waals surface area contributed by atoms with Gasteiger partial charge in [-0.05, 0) is 31.0 Å². The van der Waals surface area contributed by atoms with Gasteiger partial charge in [0, 0.05) is 12.1 Å². The number of hydrogen-bond acceptors (Lipinski definition) is 4. The number of hydrogen-bond donors (Lipinski definition) is 3. The lowest BCUT2D eigenvalue weighted by Crippen LogP contribution is -2.46. The molecule has 1 aliphatic carbocycles. The van der Waals surface area contributed by atoms with Crippen LogP contribution in [-0.2, 0) is 0 Å². The summed E-state index contributed by atoms with van der Waals surface area (Å²) < 4.78 is 5.08. The predicted molar refractivity (Wildman–Crippen MR) is 77.0 cm³/mol. The Hall–Kier alpha value is -1.75. The maximum absolute atomic E-state index is 12.3. The van der Waals surface area contributed by atoms with Gasteiger partial charge in [0.15, 0.2) is 0 Å². The van der Waals surface area contributed by atoms with Crippen LogP contribution in [0, 0.1) is 0 Å². The first-order valence-corrected chi connectivity index (χ1v) is 7.05. The number of ether oxygens (including phenoxy) is 1. The first kappa shape index (κ1) is 14.7. The summed E-state index contributed by atoms with van der Waals surface area (Å²) in [5.74, 6) is 0.187. The van der Waals surface area contributed by atoms with Gasteiger partial charge in [0.1, 0.15) is 11.5 Å². The molecular weight excluding hydrogens is 256 g/mol. The van der Waals surface area contributed by atoms with Crippen molar-refractivity contribution in [3.8, 4) is 11.5 Å². The molecule has 1 aliphatic rings. The molecule has 5 heteroatoms. The Labute approximate surface area is 119 Å². The molecule has 0 spiro atoms. The van der Waals surface area contributed by atoms with E-state index >= 15 is 0 Å². The first-order chi connectivity index (χ1) is 9.61. The minimum absolute atomic E-state index is 0.0193. The highest BCUT2D eigenvalue weighted by Gasteiger charge is 2.23. The van der Waals surface area contributed by atoms with Crippen LogP contribution in [-0.4, -0.2) is 30.2 Å². The first-order valence-electron chi connectivity index (χ1n) is 7.05. The number of aromatic hydroxyl groups is 1. The number of nitrogens with two attached hydrogens (primary N) is 1. The summed E-state index contributed by atoms with van der Waals surface area (Å²) >= 11 is 0. The smallest absolute Gasteiger partial charge is 0.255 e. The largest absolute Gasteiger partial charge is 0.507 e. The standard InChI is InChI=1S/C15H22N2O3/c1-20-10-7-8-14(18)11(9-10)15(19)17-13-6-4-2-3-5-12(13)16/h7-9,12-13,18H,2-6,16H2,1H3,(H,17,19). The molecule has 2 unspecified atom stereocenters. The number of phenols is 1. The zero-order chi connectivity index (χ0) is 14.5. The molecule has 0 aromatic heterocycles.